The normalized spacial score (nSPS) is 23.6. The summed E-state index contributed by atoms with van der Waals surface area (Å²) in [6.07, 6.45) is -3.35. The van der Waals surface area contributed by atoms with Crippen LogP contribution in [0.1, 0.15) is 24.9 Å². The van der Waals surface area contributed by atoms with Crippen molar-refractivity contribution >= 4 is 17.0 Å². The number of nitrogen functional groups attached to an aromatic ring is 1. The first-order chi connectivity index (χ1) is 8.38. The highest BCUT2D eigenvalue weighted by atomic mass is 19.4. The third-order valence-electron chi connectivity index (χ3n) is 3.44. The topological polar surface area (TPSA) is 43.8 Å². The minimum atomic E-state index is -4.35. The molecule has 96 valence electrons. The van der Waals surface area contributed by atoms with E-state index in [1.807, 2.05) is 4.57 Å². The van der Waals surface area contributed by atoms with Crippen LogP contribution in [0.4, 0.5) is 19.1 Å². The van der Waals surface area contributed by atoms with Gasteiger partial charge in [-0.2, -0.15) is 13.2 Å². The van der Waals surface area contributed by atoms with Crippen molar-refractivity contribution in [2.24, 2.45) is 5.92 Å². The van der Waals surface area contributed by atoms with Gasteiger partial charge in [0.1, 0.15) is 0 Å². The maximum atomic E-state index is 12.6. The summed E-state index contributed by atoms with van der Waals surface area (Å²) in [5.74, 6) is 0.797. The lowest BCUT2D eigenvalue weighted by atomic mass is 10.2. The molecule has 0 spiro atoms. The summed E-state index contributed by atoms with van der Waals surface area (Å²) in [4.78, 5) is 4.02. The van der Waals surface area contributed by atoms with E-state index in [0.29, 0.717) is 22.9 Å². The average Bonchev–Trinajstić information content (AvgIpc) is 2.87. The maximum Gasteiger partial charge on any atom is 0.416 e. The highest BCUT2D eigenvalue weighted by molar-refractivity contribution is 5.79. The van der Waals surface area contributed by atoms with Crippen molar-refractivity contribution in [3.05, 3.63) is 23.8 Å². The second kappa shape index (κ2) is 3.40. The Hall–Kier alpha value is -1.72. The molecule has 0 bridgehead atoms. The van der Waals surface area contributed by atoms with Crippen molar-refractivity contribution < 1.29 is 13.2 Å². The summed E-state index contributed by atoms with van der Waals surface area (Å²) < 4.78 is 39.6. The predicted molar refractivity (Wildman–Crippen MR) is 62.0 cm³/mol. The molecule has 3 rings (SSSR count). The van der Waals surface area contributed by atoms with Gasteiger partial charge in [0.25, 0.3) is 0 Å². The molecule has 2 aromatic rings. The van der Waals surface area contributed by atoms with E-state index < -0.39 is 11.7 Å². The van der Waals surface area contributed by atoms with Crippen LogP contribution in [0.3, 0.4) is 0 Å². The molecule has 1 aliphatic rings. The largest absolute Gasteiger partial charge is 0.416 e. The summed E-state index contributed by atoms with van der Waals surface area (Å²) in [5.41, 5.74) is 6.08. The Kier molecular flexibility index (Phi) is 2.15. The number of benzene rings is 1. The Morgan fingerprint density at radius 3 is 2.61 bits per heavy atom. The summed E-state index contributed by atoms with van der Waals surface area (Å²) in [5, 5.41) is 0. The minimum Gasteiger partial charge on any atom is -0.369 e. The SMILES string of the molecule is CC1CC1n1c(N)nc2cc(C(F)(F)F)ccc21. The maximum absolute atomic E-state index is 12.6. The third-order valence-corrected chi connectivity index (χ3v) is 3.44. The van der Waals surface area contributed by atoms with Crippen LogP contribution in [-0.4, -0.2) is 9.55 Å². The van der Waals surface area contributed by atoms with E-state index >= 15 is 0 Å². The van der Waals surface area contributed by atoms with E-state index in [-0.39, 0.29) is 6.04 Å². The second-order valence-corrected chi connectivity index (χ2v) is 4.82. The van der Waals surface area contributed by atoms with E-state index in [0.717, 1.165) is 18.6 Å². The van der Waals surface area contributed by atoms with E-state index in [2.05, 4.69) is 11.9 Å². The van der Waals surface area contributed by atoms with Gasteiger partial charge in [0.2, 0.25) is 5.95 Å². The molecule has 1 aromatic carbocycles. The standard InChI is InChI=1S/C12H12F3N3/c1-6-4-10(6)18-9-3-2-7(12(13,14)15)5-8(9)17-11(18)16/h2-3,5-6,10H,4H2,1H3,(H2,16,17). The van der Waals surface area contributed by atoms with Crippen LogP contribution >= 0.6 is 0 Å². The first kappa shape index (κ1) is 11.4. The van der Waals surface area contributed by atoms with E-state index in [1.54, 1.807) is 0 Å². The number of nitrogens with two attached hydrogens (primary N) is 1. The Morgan fingerprint density at radius 2 is 2.06 bits per heavy atom. The third kappa shape index (κ3) is 1.63. The van der Waals surface area contributed by atoms with Crippen LogP contribution in [-0.2, 0) is 6.18 Å². The van der Waals surface area contributed by atoms with Gasteiger partial charge in [0.15, 0.2) is 0 Å². The zero-order chi connectivity index (χ0) is 13.1. The quantitative estimate of drug-likeness (QED) is 0.850. The van der Waals surface area contributed by atoms with E-state index in [4.69, 9.17) is 5.73 Å². The highest BCUT2D eigenvalue weighted by Crippen LogP contribution is 2.46. The van der Waals surface area contributed by atoms with Crippen LogP contribution in [0.15, 0.2) is 18.2 Å². The second-order valence-electron chi connectivity index (χ2n) is 4.82. The molecule has 0 aliphatic heterocycles. The fourth-order valence-electron chi connectivity index (χ4n) is 2.30. The summed E-state index contributed by atoms with van der Waals surface area (Å²) in [7, 11) is 0. The number of rotatable bonds is 1. The molecule has 1 fully saturated rings. The molecule has 0 amide bonds. The van der Waals surface area contributed by atoms with E-state index in [1.165, 1.54) is 6.07 Å². The molecule has 1 saturated carbocycles. The number of imidazole rings is 1. The number of halogens is 3. The van der Waals surface area contributed by atoms with Crippen LogP contribution in [0.25, 0.3) is 11.0 Å². The highest BCUT2D eigenvalue weighted by Gasteiger charge is 2.37. The zero-order valence-corrected chi connectivity index (χ0v) is 9.70. The van der Waals surface area contributed by atoms with Crippen molar-refractivity contribution in [2.75, 3.05) is 5.73 Å². The first-order valence-corrected chi connectivity index (χ1v) is 5.72. The van der Waals surface area contributed by atoms with Crippen LogP contribution in [0.5, 0.6) is 0 Å². The fourth-order valence-corrected chi connectivity index (χ4v) is 2.30. The lowest BCUT2D eigenvalue weighted by molar-refractivity contribution is -0.137. The van der Waals surface area contributed by atoms with Crippen molar-refractivity contribution in [3.8, 4) is 0 Å². The van der Waals surface area contributed by atoms with Crippen LogP contribution in [0.2, 0.25) is 0 Å². The Labute approximate surface area is 101 Å². The van der Waals surface area contributed by atoms with Gasteiger partial charge in [-0.1, -0.05) is 6.92 Å². The van der Waals surface area contributed by atoms with Crippen molar-refractivity contribution in [3.63, 3.8) is 0 Å². The van der Waals surface area contributed by atoms with Crippen molar-refractivity contribution in [1.29, 1.82) is 0 Å². The van der Waals surface area contributed by atoms with Crippen LogP contribution in [0, 0.1) is 5.92 Å². The number of aromatic nitrogens is 2. The minimum absolute atomic E-state index is 0.270. The molecule has 0 radical (unpaired) electrons. The van der Waals surface area contributed by atoms with Crippen molar-refractivity contribution in [2.45, 2.75) is 25.6 Å². The number of nitrogens with zero attached hydrogens (tertiary/aromatic N) is 2. The monoisotopic (exact) mass is 255 g/mol. The number of alkyl halides is 3. The van der Waals surface area contributed by atoms with Crippen molar-refractivity contribution in [1.82, 2.24) is 9.55 Å². The molecule has 18 heavy (non-hydrogen) atoms. The fraction of sp³-hybridized carbons (Fsp3) is 0.417. The van der Waals surface area contributed by atoms with Crippen LogP contribution < -0.4 is 5.73 Å². The molecular weight excluding hydrogens is 243 g/mol. The van der Waals surface area contributed by atoms with Gasteiger partial charge in [-0.05, 0) is 30.5 Å². The molecule has 2 atom stereocenters. The predicted octanol–water partition coefficient (Wildman–Crippen LogP) is 3.22. The molecular formula is C12H12F3N3. The number of fused-ring (bicyclic) bond motifs is 1. The van der Waals surface area contributed by atoms with Gasteiger partial charge in [0.05, 0.1) is 16.6 Å². The molecule has 3 nitrogen and oxygen atoms in total. The molecule has 6 heteroatoms. The summed E-state index contributed by atoms with van der Waals surface area (Å²) in [6, 6.07) is 3.85. The molecule has 2 N–H and O–H groups in total. The van der Waals surface area contributed by atoms with Gasteiger partial charge < -0.3 is 10.3 Å². The van der Waals surface area contributed by atoms with Gasteiger partial charge >= 0.3 is 6.18 Å². The molecule has 1 aliphatic carbocycles. The van der Waals surface area contributed by atoms with Gasteiger partial charge in [-0.15, -0.1) is 0 Å². The smallest absolute Gasteiger partial charge is 0.369 e. The number of hydrogen-bond acceptors (Lipinski definition) is 2. The number of hydrogen-bond donors (Lipinski definition) is 1. The van der Waals surface area contributed by atoms with Gasteiger partial charge in [-0.25, -0.2) is 4.98 Å². The molecule has 0 saturated heterocycles. The Bertz CT molecular complexity index is 615. The molecule has 1 aromatic heterocycles. The Morgan fingerprint density at radius 1 is 1.39 bits per heavy atom. The van der Waals surface area contributed by atoms with E-state index in [9.17, 15) is 13.2 Å². The molecule has 2 unspecified atom stereocenters. The lowest BCUT2D eigenvalue weighted by Gasteiger charge is -2.07. The lowest BCUT2D eigenvalue weighted by Crippen LogP contribution is -2.04. The summed E-state index contributed by atoms with van der Waals surface area (Å²) in [6.45, 7) is 2.08. The van der Waals surface area contributed by atoms with Gasteiger partial charge in [0, 0.05) is 6.04 Å². The molecule has 1 heterocycles. The summed E-state index contributed by atoms with van der Waals surface area (Å²) >= 11 is 0. The Balaban J connectivity index is 2.15. The number of anilines is 1. The zero-order valence-electron chi connectivity index (χ0n) is 9.70. The average molecular weight is 255 g/mol. The first-order valence-electron chi connectivity index (χ1n) is 5.72. The van der Waals surface area contributed by atoms with Gasteiger partial charge in [-0.3, -0.25) is 0 Å².